The molecule has 2 N–H and O–H groups in total. The summed E-state index contributed by atoms with van der Waals surface area (Å²) in [4.78, 5) is 37.2. The largest absolute Gasteiger partial charge is 0.507 e. The summed E-state index contributed by atoms with van der Waals surface area (Å²) in [5.74, 6) is -3.88. The van der Waals surface area contributed by atoms with Gasteiger partial charge in [0.25, 0.3) is 11.7 Å². The van der Waals surface area contributed by atoms with Crippen molar-refractivity contribution in [3.8, 4) is 0 Å². The van der Waals surface area contributed by atoms with Crippen LogP contribution in [0.3, 0.4) is 0 Å². The van der Waals surface area contributed by atoms with Gasteiger partial charge in [-0.3, -0.25) is 14.4 Å². The summed E-state index contributed by atoms with van der Waals surface area (Å²) in [6, 6.07) is 12.8. The maximum atomic E-state index is 14.5. The van der Waals surface area contributed by atoms with Crippen molar-refractivity contribution in [3.63, 3.8) is 0 Å². The summed E-state index contributed by atoms with van der Waals surface area (Å²) in [7, 11) is 0. The van der Waals surface area contributed by atoms with Crippen LogP contribution < -0.4 is 0 Å². The SMILES string of the molecule is O=C(O)CCCN1C(=O)C(=O)/C(=C(/O)c2ccccc2)C1c1ccccc1F. The zero-order chi connectivity index (χ0) is 20.3. The number of rotatable bonds is 6. The number of aliphatic hydroxyl groups excluding tert-OH is 1. The Morgan fingerprint density at radius 3 is 2.29 bits per heavy atom. The molecule has 0 saturated carbocycles. The van der Waals surface area contributed by atoms with Gasteiger partial charge in [0.15, 0.2) is 0 Å². The summed E-state index contributed by atoms with van der Waals surface area (Å²) in [6.45, 7) is -0.0541. The first-order valence-electron chi connectivity index (χ1n) is 8.72. The van der Waals surface area contributed by atoms with Crippen LogP contribution in [-0.2, 0) is 14.4 Å². The lowest BCUT2D eigenvalue weighted by molar-refractivity contribution is -0.140. The van der Waals surface area contributed by atoms with E-state index in [4.69, 9.17) is 5.11 Å². The standard InChI is InChI=1S/C21H18FNO5/c22-15-10-5-4-9-14(15)18-17(19(26)13-7-2-1-3-8-13)20(27)21(28)23(18)12-6-11-16(24)25/h1-5,7-10,18,26H,6,11-12H2,(H,24,25)/b19-17+. The van der Waals surface area contributed by atoms with Crippen LogP contribution >= 0.6 is 0 Å². The molecule has 0 spiro atoms. The van der Waals surface area contributed by atoms with Crippen LogP contribution in [0.25, 0.3) is 5.76 Å². The number of Topliss-reactive ketones (excluding diaryl/α,β-unsaturated/α-hetero) is 1. The number of halogens is 1. The Bertz CT molecular complexity index is 954. The first kappa shape index (κ1) is 19.3. The Balaban J connectivity index is 2.11. The second-order valence-electron chi connectivity index (χ2n) is 6.38. The van der Waals surface area contributed by atoms with Crippen molar-refractivity contribution in [2.75, 3.05) is 6.54 Å². The Morgan fingerprint density at radius 2 is 1.64 bits per heavy atom. The smallest absolute Gasteiger partial charge is 0.303 e. The highest BCUT2D eigenvalue weighted by Gasteiger charge is 2.46. The number of ketones is 1. The van der Waals surface area contributed by atoms with Crippen molar-refractivity contribution in [3.05, 3.63) is 77.1 Å². The number of benzene rings is 2. The van der Waals surface area contributed by atoms with Gasteiger partial charge in [0, 0.05) is 24.1 Å². The molecule has 7 heteroatoms. The minimum absolute atomic E-state index is 0.0541. The maximum Gasteiger partial charge on any atom is 0.303 e. The number of nitrogens with zero attached hydrogens (tertiary/aromatic N) is 1. The van der Waals surface area contributed by atoms with Crippen molar-refractivity contribution >= 4 is 23.4 Å². The van der Waals surface area contributed by atoms with E-state index in [0.717, 1.165) is 4.90 Å². The third-order valence-corrected chi connectivity index (χ3v) is 4.58. The average molecular weight is 383 g/mol. The molecule has 2 aromatic rings. The molecule has 144 valence electrons. The van der Waals surface area contributed by atoms with Crippen LogP contribution in [0.4, 0.5) is 4.39 Å². The number of carboxylic acid groups (broad SMARTS) is 1. The Morgan fingerprint density at radius 1 is 1.00 bits per heavy atom. The molecule has 1 aliphatic rings. The first-order chi connectivity index (χ1) is 13.4. The van der Waals surface area contributed by atoms with Crippen LogP contribution in [0.1, 0.15) is 30.0 Å². The highest BCUT2D eigenvalue weighted by molar-refractivity contribution is 6.46. The van der Waals surface area contributed by atoms with Gasteiger partial charge in [-0.05, 0) is 12.5 Å². The fourth-order valence-electron chi connectivity index (χ4n) is 3.28. The summed E-state index contributed by atoms with van der Waals surface area (Å²) >= 11 is 0. The first-order valence-corrected chi connectivity index (χ1v) is 8.72. The molecular formula is C21H18FNO5. The highest BCUT2D eigenvalue weighted by atomic mass is 19.1. The fraction of sp³-hybridized carbons (Fsp3) is 0.190. The van der Waals surface area contributed by atoms with Crippen molar-refractivity contribution in [1.29, 1.82) is 0 Å². The molecule has 0 bridgehead atoms. The summed E-state index contributed by atoms with van der Waals surface area (Å²) in [6.07, 6.45) is -0.107. The molecular weight excluding hydrogens is 365 g/mol. The van der Waals surface area contributed by atoms with Gasteiger partial charge in [0.05, 0.1) is 11.6 Å². The Hall–Kier alpha value is -3.48. The third-order valence-electron chi connectivity index (χ3n) is 4.58. The maximum absolute atomic E-state index is 14.5. The van der Waals surface area contributed by atoms with Gasteiger partial charge in [-0.15, -0.1) is 0 Å². The van der Waals surface area contributed by atoms with Crippen molar-refractivity contribution in [2.24, 2.45) is 0 Å². The van der Waals surface area contributed by atoms with E-state index in [1.54, 1.807) is 36.4 Å². The van der Waals surface area contributed by atoms with Crippen LogP contribution in [0, 0.1) is 5.82 Å². The number of amides is 1. The van der Waals surface area contributed by atoms with Gasteiger partial charge in [-0.1, -0.05) is 48.5 Å². The van der Waals surface area contributed by atoms with Gasteiger partial charge in [-0.2, -0.15) is 0 Å². The number of carbonyl (C=O) groups excluding carboxylic acids is 2. The zero-order valence-corrected chi connectivity index (χ0v) is 14.8. The molecule has 0 radical (unpaired) electrons. The van der Waals surface area contributed by atoms with Crippen LogP contribution in [0.2, 0.25) is 0 Å². The number of carbonyl (C=O) groups is 3. The topological polar surface area (TPSA) is 94.9 Å². The minimum atomic E-state index is -1.13. The molecule has 1 fully saturated rings. The molecule has 1 unspecified atom stereocenters. The van der Waals surface area contributed by atoms with E-state index in [1.165, 1.54) is 18.2 Å². The van der Waals surface area contributed by atoms with E-state index in [9.17, 15) is 23.9 Å². The van der Waals surface area contributed by atoms with E-state index >= 15 is 0 Å². The van der Waals surface area contributed by atoms with E-state index in [1.807, 2.05) is 0 Å². The molecule has 6 nitrogen and oxygen atoms in total. The molecule has 0 aromatic heterocycles. The predicted octanol–water partition coefficient (Wildman–Crippen LogP) is 3.11. The summed E-state index contributed by atoms with van der Waals surface area (Å²) < 4.78 is 14.5. The Labute approximate surface area is 160 Å². The van der Waals surface area contributed by atoms with Gasteiger partial charge in [-0.25, -0.2) is 4.39 Å². The van der Waals surface area contributed by atoms with Crippen LogP contribution in [0.5, 0.6) is 0 Å². The van der Waals surface area contributed by atoms with Gasteiger partial charge < -0.3 is 15.1 Å². The van der Waals surface area contributed by atoms with E-state index in [0.29, 0.717) is 5.56 Å². The molecule has 1 heterocycles. The molecule has 3 rings (SSSR count). The number of hydrogen-bond donors (Lipinski definition) is 2. The van der Waals surface area contributed by atoms with E-state index < -0.39 is 35.3 Å². The molecule has 1 aliphatic heterocycles. The van der Waals surface area contributed by atoms with Crippen molar-refractivity contribution in [2.45, 2.75) is 18.9 Å². The Kier molecular flexibility index (Phi) is 5.54. The zero-order valence-electron chi connectivity index (χ0n) is 14.8. The minimum Gasteiger partial charge on any atom is -0.507 e. The quantitative estimate of drug-likeness (QED) is 0.454. The highest BCUT2D eigenvalue weighted by Crippen LogP contribution is 2.40. The second kappa shape index (κ2) is 8.04. The third kappa shape index (κ3) is 3.64. The number of carboxylic acids is 1. The van der Waals surface area contributed by atoms with Gasteiger partial charge in [0.1, 0.15) is 11.6 Å². The predicted molar refractivity (Wildman–Crippen MR) is 98.7 cm³/mol. The van der Waals surface area contributed by atoms with Crippen molar-refractivity contribution < 1.29 is 29.0 Å². The molecule has 0 aliphatic carbocycles. The molecule has 1 atom stereocenters. The summed E-state index contributed by atoms with van der Waals surface area (Å²) in [5, 5.41) is 19.6. The fourth-order valence-corrected chi connectivity index (χ4v) is 3.28. The molecule has 1 amide bonds. The lowest BCUT2D eigenvalue weighted by Crippen LogP contribution is -2.31. The number of aliphatic hydroxyl groups is 1. The lowest BCUT2D eigenvalue weighted by atomic mass is 9.95. The lowest BCUT2D eigenvalue weighted by Gasteiger charge is -2.25. The molecule has 28 heavy (non-hydrogen) atoms. The van der Waals surface area contributed by atoms with Gasteiger partial charge >= 0.3 is 5.97 Å². The normalized spacial score (nSPS) is 18.5. The number of aliphatic carboxylic acids is 1. The second-order valence-corrected chi connectivity index (χ2v) is 6.38. The van der Waals surface area contributed by atoms with E-state index in [-0.39, 0.29) is 30.5 Å². The van der Waals surface area contributed by atoms with Crippen molar-refractivity contribution in [1.82, 2.24) is 4.90 Å². The number of likely N-dealkylation sites (tertiary alicyclic amines) is 1. The molecule has 2 aromatic carbocycles. The number of hydrogen-bond acceptors (Lipinski definition) is 4. The van der Waals surface area contributed by atoms with E-state index in [2.05, 4.69) is 0 Å². The monoisotopic (exact) mass is 383 g/mol. The van der Waals surface area contributed by atoms with Crippen LogP contribution in [-0.4, -0.2) is 39.3 Å². The van der Waals surface area contributed by atoms with Gasteiger partial charge in [0.2, 0.25) is 0 Å². The average Bonchev–Trinajstić information content (AvgIpc) is 2.93. The molecule has 1 saturated heterocycles. The summed E-state index contributed by atoms with van der Waals surface area (Å²) in [5.41, 5.74) is 0.179. The van der Waals surface area contributed by atoms with Crippen LogP contribution in [0.15, 0.2) is 60.2 Å².